The molecule has 0 heterocycles. The van der Waals surface area contributed by atoms with E-state index in [1.165, 1.54) is 0 Å². The second-order valence-corrected chi connectivity index (χ2v) is 3.03. The molecular formula is C7H5F3N4O4. The van der Waals surface area contributed by atoms with Gasteiger partial charge in [-0.05, 0) is 18.2 Å². The van der Waals surface area contributed by atoms with Crippen molar-refractivity contribution >= 4 is 11.4 Å². The van der Waals surface area contributed by atoms with Gasteiger partial charge in [-0.3, -0.25) is 0 Å². The largest absolute Gasteiger partial charge is 0.418 e. The number of hydrazine groups is 2. The fourth-order valence-electron chi connectivity index (χ4n) is 1.18. The van der Waals surface area contributed by atoms with Crippen molar-refractivity contribution in [2.75, 3.05) is 10.9 Å². The second kappa shape index (κ2) is 4.35. The fraction of sp³-hybridized carbons (Fsp3) is 0.143. The molecule has 0 unspecified atom stereocenters. The van der Waals surface area contributed by atoms with Crippen LogP contribution in [0, 0.1) is 20.2 Å². The summed E-state index contributed by atoms with van der Waals surface area (Å²) in [5.74, 6) is 0. The van der Waals surface area contributed by atoms with Crippen LogP contribution in [0.5, 0.6) is 0 Å². The predicted octanol–water partition coefficient (Wildman–Crippen LogP) is 1.48. The number of nitrogens with zero attached hydrogens (tertiary/aromatic N) is 3. The molecule has 0 aliphatic heterocycles. The Morgan fingerprint density at radius 2 is 1.67 bits per heavy atom. The predicted molar refractivity (Wildman–Crippen MR) is 52.3 cm³/mol. The van der Waals surface area contributed by atoms with Crippen molar-refractivity contribution in [2.45, 2.75) is 6.18 Å². The zero-order valence-electron chi connectivity index (χ0n) is 8.42. The summed E-state index contributed by atoms with van der Waals surface area (Å²) < 4.78 is 37.0. The Labute approximate surface area is 96.6 Å². The molecule has 1 rings (SSSR count). The highest BCUT2D eigenvalue weighted by Crippen LogP contribution is 2.35. The third-order valence-electron chi connectivity index (χ3n) is 1.88. The number of rotatable bonds is 3. The van der Waals surface area contributed by atoms with E-state index in [1.54, 1.807) is 0 Å². The molecule has 2 N–H and O–H groups in total. The van der Waals surface area contributed by atoms with Crippen LogP contribution in [0.3, 0.4) is 0 Å². The molecule has 0 saturated carbocycles. The zero-order chi connectivity index (χ0) is 14.1. The van der Waals surface area contributed by atoms with Crippen LogP contribution < -0.4 is 10.9 Å². The molecule has 0 aliphatic carbocycles. The number of hydrogen-bond acceptors (Lipinski definition) is 5. The first-order valence-corrected chi connectivity index (χ1v) is 4.20. The average molecular weight is 266 g/mol. The summed E-state index contributed by atoms with van der Waals surface area (Å²) in [6, 6.07) is 1.53. The summed E-state index contributed by atoms with van der Waals surface area (Å²) in [6.45, 7) is 0. The van der Waals surface area contributed by atoms with Gasteiger partial charge in [0.1, 0.15) is 0 Å². The van der Waals surface area contributed by atoms with E-state index >= 15 is 0 Å². The number of nitrogens with two attached hydrogens (primary N) is 1. The topological polar surface area (TPSA) is 116 Å². The van der Waals surface area contributed by atoms with E-state index < -0.39 is 38.3 Å². The highest BCUT2D eigenvalue weighted by atomic mass is 19.4. The lowest BCUT2D eigenvalue weighted by Crippen LogP contribution is -2.35. The third kappa shape index (κ3) is 2.56. The number of nitrogen functional groups attached to an aromatic ring is 1. The molecule has 0 saturated heterocycles. The van der Waals surface area contributed by atoms with E-state index in [0.717, 1.165) is 0 Å². The minimum absolute atomic E-state index is 0.435. The molecule has 1 aromatic carbocycles. The van der Waals surface area contributed by atoms with Crippen molar-refractivity contribution in [3.05, 3.63) is 44.0 Å². The van der Waals surface area contributed by atoms with Crippen LogP contribution in [0.25, 0.3) is 0 Å². The Hall–Kier alpha value is -2.59. The first kappa shape index (κ1) is 13.5. The van der Waals surface area contributed by atoms with Crippen LogP contribution in [-0.4, -0.2) is 10.1 Å². The van der Waals surface area contributed by atoms with Gasteiger partial charge in [-0.1, -0.05) is 0 Å². The molecule has 0 aromatic heterocycles. The molecule has 0 spiro atoms. The summed E-state index contributed by atoms with van der Waals surface area (Å²) in [6.07, 6.45) is -4.74. The number of nitro groups is 2. The minimum Gasteiger partial charge on any atom is -0.398 e. The van der Waals surface area contributed by atoms with Crippen LogP contribution in [-0.2, 0) is 6.18 Å². The number of hydrogen-bond donors (Lipinski definition) is 1. The lowest BCUT2D eigenvalue weighted by Gasteiger charge is -2.10. The van der Waals surface area contributed by atoms with Crippen LogP contribution in [0.15, 0.2) is 18.2 Å². The van der Waals surface area contributed by atoms with Crippen molar-refractivity contribution in [1.29, 1.82) is 0 Å². The maximum absolute atomic E-state index is 12.3. The second-order valence-electron chi connectivity index (χ2n) is 3.03. The van der Waals surface area contributed by atoms with Crippen molar-refractivity contribution in [1.82, 2.24) is 0 Å². The van der Waals surface area contributed by atoms with E-state index in [9.17, 15) is 33.4 Å². The molecular weight excluding hydrogens is 261 g/mol. The molecule has 0 fully saturated rings. The third-order valence-corrected chi connectivity index (χ3v) is 1.88. The molecule has 0 atom stereocenters. The maximum Gasteiger partial charge on any atom is 0.418 e. The van der Waals surface area contributed by atoms with Crippen molar-refractivity contribution in [3.63, 3.8) is 0 Å². The molecule has 11 heteroatoms. The van der Waals surface area contributed by atoms with Crippen LogP contribution >= 0.6 is 0 Å². The Bertz CT molecular complexity index is 490. The fourth-order valence-corrected chi connectivity index (χ4v) is 1.18. The summed E-state index contributed by atoms with van der Waals surface area (Å²) in [5, 5.41) is 17.4. The number of alkyl halides is 3. The zero-order valence-corrected chi connectivity index (χ0v) is 8.42. The van der Waals surface area contributed by atoms with E-state index in [4.69, 9.17) is 5.73 Å². The maximum atomic E-state index is 12.3. The first-order chi connectivity index (χ1) is 8.14. The highest BCUT2D eigenvalue weighted by molar-refractivity contribution is 5.59. The van der Waals surface area contributed by atoms with Gasteiger partial charge in [-0.2, -0.15) is 13.2 Å². The lowest BCUT2D eigenvalue weighted by molar-refractivity contribution is -0.711. The molecule has 8 nitrogen and oxygen atoms in total. The van der Waals surface area contributed by atoms with E-state index in [-0.39, 0.29) is 0 Å². The molecule has 0 aliphatic rings. The Morgan fingerprint density at radius 1 is 1.17 bits per heavy atom. The Kier molecular flexibility index (Phi) is 3.26. The van der Waals surface area contributed by atoms with Gasteiger partial charge in [0.05, 0.1) is 5.56 Å². The normalized spacial score (nSPS) is 11.1. The van der Waals surface area contributed by atoms with Gasteiger partial charge < -0.3 is 5.73 Å². The van der Waals surface area contributed by atoms with Gasteiger partial charge >= 0.3 is 6.18 Å². The monoisotopic (exact) mass is 266 g/mol. The van der Waals surface area contributed by atoms with Gasteiger partial charge in [0.15, 0.2) is 10.8 Å². The summed E-state index contributed by atoms with van der Waals surface area (Å²) in [5.41, 5.74) is 2.31. The molecule has 18 heavy (non-hydrogen) atoms. The van der Waals surface area contributed by atoms with Gasteiger partial charge in [0.2, 0.25) is 10.1 Å². The quantitative estimate of drug-likeness (QED) is 0.503. The highest BCUT2D eigenvalue weighted by Gasteiger charge is 2.36. The Morgan fingerprint density at radius 3 is 2.00 bits per heavy atom. The van der Waals surface area contributed by atoms with Gasteiger partial charge in [0, 0.05) is 5.69 Å². The van der Waals surface area contributed by atoms with Crippen molar-refractivity contribution in [3.8, 4) is 0 Å². The van der Waals surface area contributed by atoms with Gasteiger partial charge in [-0.15, -0.1) is 0 Å². The number of benzene rings is 1. The minimum atomic E-state index is -4.74. The van der Waals surface area contributed by atoms with Crippen molar-refractivity contribution < 1.29 is 23.2 Å². The molecule has 0 radical (unpaired) electrons. The van der Waals surface area contributed by atoms with E-state index in [2.05, 4.69) is 0 Å². The number of halogens is 3. The SMILES string of the molecule is Nc1cc(N([N+](=O)[O-])[N+](=O)[O-])ccc1C(F)(F)F. The van der Waals surface area contributed by atoms with Crippen LogP contribution in [0.1, 0.15) is 5.56 Å². The number of anilines is 2. The first-order valence-electron chi connectivity index (χ1n) is 4.20. The molecule has 0 bridgehead atoms. The van der Waals surface area contributed by atoms with E-state index in [1.807, 2.05) is 0 Å². The van der Waals surface area contributed by atoms with Crippen molar-refractivity contribution in [2.24, 2.45) is 0 Å². The van der Waals surface area contributed by atoms with Gasteiger partial charge in [-0.25, -0.2) is 20.2 Å². The summed E-state index contributed by atoms with van der Waals surface area (Å²) in [7, 11) is 0. The van der Waals surface area contributed by atoms with Gasteiger partial charge in [0.25, 0.3) is 0 Å². The van der Waals surface area contributed by atoms with Crippen LogP contribution in [0.4, 0.5) is 24.5 Å². The molecule has 98 valence electrons. The summed E-state index contributed by atoms with van der Waals surface area (Å²) >= 11 is 0. The molecule has 1 aromatic rings. The Balaban J connectivity index is 3.26. The van der Waals surface area contributed by atoms with E-state index in [0.29, 0.717) is 18.2 Å². The molecule has 0 amide bonds. The average Bonchev–Trinajstić information content (AvgIpc) is 2.13. The standard InChI is InChI=1S/C7H5F3N4O4/c8-7(9,10)5-2-1-4(3-6(5)11)12(13(15)16)14(17)18/h1-3H,11H2. The van der Waals surface area contributed by atoms with Crippen LogP contribution in [0.2, 0.25) is 0 Å². The smallest absolute Gasteiger partial charge is 0.398 e. The summed E-state index contributed by atoms with van der Waals surface area (Å²) in [4.78, 5) is 20.7. The lowest BCUT2D eigenvalue weighted by atomic mass is 10.1.